The highest BCUT2D eigenvalue weighted by Gasteiger charge is 2.09. The minimum Gasteiger partial charge on any atom is -0.383 e. The van der Waals surface area contributed by atoms with Crippen molar-refractivity contribution in [1.82, 2.24) is 14.9 Å². The maximum atomic E-state index is 5.68. The molecule has 2 heterocycles. The third kappa shape index (κ3) is 3.79. The van der Waals surface area contributed by atoms with Crippen LogP contribution in [0.4, 0.5) is 11.6 Å². The Hall–Kier alpha value is -0.920. The second-order valence-corrected chi connectivity index (χ2v) is 4.95. The lowest BCUT2D eigenvalue weighted by Crippen LogP contribution is -2.37. The van der Waals surface area contributed by atoms with Gasteiger partial charge in [-0.1, -0.05) is 0 Å². The van der Waals surface area contributed by atoms with Gasteiger partial charge in [0.05, 0.1) is 13.2 Å². The summed E-state index contributed by atoms with van der Waals surface area (Å²) >= 11 is 3.37. The van der Waals surface area contributed by atoms with Crippen LogP contribution in [0.3, 0.4) is 0 Å². The minimum absolute atomic E-state index is 0.459. The van der Waals surface area contributed by atoms with E-state index in [1.54, 1.807) is 0 Å². The van der Waals surface area contributed by atoms with Crippen LogP contribution in [0.25, 0.3) is 0 Å². The van der Waals surface area contributed by atoms with Gasteiger partial charge in [0, 0.05) is 19.6 Å². The van der Waals surface area contributed by atoms with Crippen LogP contribution in [0.5, 0.6) is 0 Å². The second kappa shape index (κ2) is 6.86. The van der Waals surface area contributed by atoms with Crippen LogP contribution in [0.2, 0.25) is 0 Å². The number of nitrogens with one attached hydrogen (secondary N) is 1. The lowest BCUT2D eigenvalue weighted by atomic mass is 10.3. The van der Waals surface area contributed by atoms with E-state index in [1.807, 2.05) is 0 Å². The zero-order valence-electron chi connectivity index (χ0n) is 10.2. The van der Waals surface area contributed by atoms with Crippen molar-refractivity contribution in [3.8, 4) is 0 Å². The van der Waals surface area contributed by atoms with Crippen molar-refractivity contribution in [2.24, 2.45) is 0 Å². The topological polar surface area (TPSA) is 76.3 Å². The van der Waals surface area contributed by atoms with Crippen LogP contribution in [-0.4, -0.2) is 54.3 Å². The van der Waals surface area contributed by atoms with Crippen LogP contribution < -0.4 is 11.1 Å². The van der Waals surface area contributed by atoms with Crippen LogP contribution in [0, 0.1) is 0 Å². The molecule has 1 saturated heterocycles. The molecule has 1 aliphatic rings. The summed E-state index contributed by atoms with van der Waals surface area (Å²) < 4.78 is 6.04. The molecule has 3 N–H and O–H groups in total. The Morgan fingerprint density at radius 1 is 1.39 bits per heavy atom. The molecule has 1 aliphatic heterocycles. The van der Waals surface area contributed by atoms with Crippen molar-refractivity contribution >= 4 is 27.6 Å². The van der Waals surface area contributed by atoms with Crippen LogP contribution >= 0.6 is 15.9 Å². The summed E-state index contributed by atoms with van der Waals surface area (Å²) in [5, 5.41) is 3.26. The average Bonchev–Trinajstić information content (AvgIpc) is 2.40. The van der Waals surface area contributed by atoms with E-state index in [-0.39, 0.29) is 0 Å². The molecule has 6 nitrogen and oxygen atoms in total. The molecule has 0 amide bonds. The van der Waals surface area contributed by atoms with Crippen LogP contribution in [-0.2, 0) is 4.74 Å². The molecule has 2 rings (SSSR count). The van der Waals surface area contributed by atoms with E-state index in [0.717, 1.165) is 56.1 Å². The Morgan fingerprint density at radius 3 is 2.94 bits per heavy atom. The standard InChI is InChI=1S/C11H18BrN5O/c12-9-10(13)15-8-16-11(9)14-2-1-3-17-4-6-18-7-5-17/h8H,1-7H2,(H3,13,14,15,16). The fraction of sp³-hybridized carbons (Fsp3) is 0.636. The number of nitrogens with zero attached hydrogens (tertiary/aromatic N) is 3. The van der Waals surface area contributed by atoms with Crippen LogP contribution in [0.15, 0.2) is 10.8 Å². The van der Waals surface area contributed by atoms with Crippen molar-refractivity contribution in [1.29, 1.82) is 0 Å². The summed E-state index contributed by atoms with van der Waals surface area (Å²) in [7, 11) is 0. The highest BCUT2D eigenvalue weighted by atomic mass is 79.9. The summed E-state index contributed by atoms with van der Waals surface area (Å²) in [6.07, 6.45) is 2.53. The molecule has 100 valence electrons. The van der Waals surface area contributed by atoms with E-state index >= 15 is 0 Å². The van der Waals surface area contributed by atoms with Crippen molar-refractivity contribution < 1.29 is 4.74 Å². The Kier molecular flexibility index (Phi) is 5.15. The number of nitrogens with two attached hydrogens (primary N) is 1. The molecular formula is C11H18BrN5O. The number of aromatic nitrogens is 2. The minimum atomic E-state index is 0.459. The first-order chi connectivity index (χ1) is 8.77. The maximum absolute atomic E-state index is 5.68. The van der Waals surface area contributed by atoms with Gasteiger partial charge in [0.2, 0.25) is 0 Å². The SMILES string of the molecule is Nc1ncnc(NCCCN2CCOCC2)c1Br. The van der Waals surface area contributed by atoms with Gasteiger partial charge < -0.3 is 15.8 Å². The quantitative estimate of drug-likeness (QED) is 0.788. The number of halogens is 1. The maximum Gasteiger partial charge on any atom is 0.145 e. The van der Waals surface area contributed by atoms with Gasteiger partial charge in [0.1, 0.15) is 22.4 Å². The van der Waals surface area contributed by atoms with E-state index in [0.29, 0.717) is 5.82 Å². The number of nitrogen functional groups attached to an aromatic ring is 1. The number of ether oxygens (including phenoxy) is 1. The van der Waals surface area contributed by atoms with Gasteiger partial charge in [-0.3, -0.25) is 4.90 Å². The first kappa shape index (κ1) is 13.5. The number of hydrogen-bond acceptors (Lipinski definition) is 6. The smallest absolute Gasteiger partial charge is 0.145 e. The van der Waals surface area contributed by atoms with Gasteiger partial charge in [-0.2, -0.15) is 0 Å². The third-order valence-corrected chi connectivity index (χ3v) is 3.65. The van der Waals surface area contributed by atoms with Crippen molar-refractivity contribution in [3.63, 3.8) is 0 Å². The van der Waals surface area contributed by atoms with E-state index in [2.05, 4.69) is 36.1 Å². The molecule has 18 heavy (non-hydrogen) atoms. The molecule has 1 fully saturated rings. The van der Waals surface area contributed by atoms with E-state index in [1.165, 1.54) is 6.33 Å². The third-order valence-electron chi connectivity index (χ3n) is 2.86. The van der Waals surface area contributed by atoms with Crippen molar-refractivity contribution in [2.45, 2.75) is 6.42 Å². The largest absolute Gasteiger partial charge is 0.383 e. The summed E-state index contributed by atoms with van der Waals surface area (Å²) in [6.45, 7) is 5.71. The molecule has 0 unspecified atom stereocenters. The molecule has 0 radical (unpaired) electrons. The summed E-state index contributed by atoms with van der Waals surface area (Å²) in [6, 6.07) is 0. The highest BCUT2D eigenvalue weighted by Crippen LogP contribution is 2.23. The molecule has 1 aromatic rings. The molecule has 1 aromatic heterocycles. The molecule has 0 atom stereocenters. The van der Waals surface area contributed by atoms with Crippen molar-refractivity contribution in [3.05, 3.63) is 10.8 Å². The first-order valence-corrected chi connectivity index (χ1v) is 6.86. The van der Waals surface area contributed by atoms with Gasteiger partial charge in [-0.15, -0.1) is 0 Å². The molecule has 0 saturated carbocycles. The summed E-state index contributed by atoms with van der Waals surface area (Å²) in [5.41, 5.74) is 5.68. The predicted octanol–water partition coefficient (Wildman–Crippen LogP) is 0.956. The zero-order valence-corrected chi connectivity index (χ0v) is 11.8. The molecule has 0 bridgehead atoms. The monoisotopic (exact) mass is 315 g/mol. The average molecular weight is 316 g/mol. The Bertz CT molecular complexity index is 384. The van der Waals surface area contributed by atoms with Gasteiger partial charge in [0.25, 0.3) is 0 Å². The van der Waals surface area contributed by atoms with Gasteiger partial charge in [-0.05, 0) is 28.9 Å². The highest BCUT2D eigenvalue weighted by molar-refractivity contribution is 9.10. The van der Waals surface area contributed by atoms with Gasteiger partial charge in [-0.25, -0.2) is 9.97 Å². The van der Waals surface area contributed by atoms with E-state index in [9.17, 15) is 0 Å². The number of rotatable bonds is 5. The first-order valence-electron chi connectivity index (χ1n) is 6.07. The fourth-order valence-electron chi connectivity index (χ4n) is 1.84. The molecule has 7 heteroatoms. The fourth-order valence-corrected chi connectivity index (χ4v) is 2.19. The Morgan fingerprint density at radius 2 is 2.17 bits per heavy atom. The second-order valence-electron chi connectivity index (χ2n) is 4.16. The van der Waals surface area contributed by atoms with E-state index in [4.69, 9.17) is 10.5 Å². The molecular weight excluding hydrogens is 298 g/mol. The predicted molar refractivity (Wildman–Crippen MR) is 74.5 cm³/mol. The van der Waals surface area contributed by atoms with E-state index < -0.39 is 0 Å². The molecule has 0 spiro atoms. The van der Waals surface area contributed by atoms with Crippen LogP contribution in [0.1, 0.15) is 6.42 Å². The lowest BCUT2D eigenvalue weighted by molar-refractivity contribution is 0.0378. The number of hydrogen-bond donors (Lipinski definition) is 2. The number of anilines is 2. The molecule has 0 aromatic carbocycles. The Balaban J connectivity index is 1.70. The molecule has 0 aliphatic carbocycles. The number of morpholine rings is 1. The summed E-state index contributed by atoms with van der Waals surface area (Å²) in [4.78, 5) is 10.5. The summed E-state index contributed by atoms with van der Waals surface area (Å²) in [5.74, 6) is 1.21. The van der Waals surface area contributed by atoms with Gasteiger partial charge >= 0.3 is 0 Å². The van der Waals surface area contributed by atoms with Crippen molar-refractivity contribution in [2.75, 3.05) is 50.4 Å². The normalized spacial score (nSPS) is 16.7. The Labute approximate surface area is 115 Å². The lowest BCUT2D eigenvalue weighted by Gasteiger charge is -2.26. The van der Waals surface area contributed by atoms with Gasteiger partial charge in [0.15, 0.2) is 0 Å². The zero-order chi connectivity index (χ0) is 12.8.